The molecule has 0 N–H and O–H groups in total. The molecule has 0 spiro atoms. The van der Waals surface area contributed by atoms with E-state index in [1.807, 2.05) is 4.52 Å². The Balaban J connectivity index is 0.00000256. The molecule has 1 atom stereocenters. The first kappa shape index (κ1) is 22.8. The maximum atomic E-state index is 5.48. The van der Waals surface area contributed by atoms with Gasteiger partial charge in [0, 0.05) is 28.7 Å². The summed E-state index contributed by atoms with van der Waals surface area (Å²) in [6.45, 7) is 11.3. The maximum absolute atomic E-state index is 5.48. The molecule has 0 aliphatic heterocycles. The highest BCUT2D eigenvalue weighted by Gasteiger charge is 2.23. The van der Waals surface area contributed by atoms with Crippen molar-refractivity contribution in [2.24, 2.45) is 0 Å². The molecular weight excluding hydrogens is 464 g/mol. The number of hydrogen-bond acceptors (Lipinski definition) is 3. The highest BCUT2D eigenvalue weighted by Crippen LogP contribution is 2.38. The molecule has 0 saturated carbocycles. The summed E-state index contributed by atoms with van der Waals surface area (Å²) in [6, 6.07) is 6.76. The van der Waals surface area contributed by atoms with Crippen LogP contribution in [0.1, 0.15) is 41.9 Å². The number of aryl methyl sites for hydroxylation is 4. The zero-order valence-electron chi connectivity index (χ0n) is 18.3. The van der Waals surface area contributed by atoms with E-state index in [9.17, 15) is 0 Å². The van der Waals surface area contributed by atoms with E-state index in [1.165, 1.54) is 11.1 Å². The van der Waals surface area contributed by atoms with Crippen LogP contribution in [-0.4, -0.2) is 32.9 Å². The summed E-state index contributed by atoms with van der Waals surface area (Å²) in [6.07, 6.45) is 3.12. The van der Waals surface area contributed by atoms with Gasteiger partial charge >= 0.3 is 0 Å². The predicted octanol–water partition coefficient (Wildman–Crippen LogP) is 6.37. The van der Waals surface area contributed by atoms with E-state index in [-0.39, 0.29) is 18.4 Å². The van der Waals surface area contributed by atoms with Crippen LogP contribution in [0.3, 0.4) is 0 Å². The molecule has 0 fully saturated rings. The van der Waals surface area contributed by atoms with E-state index in [2.05, 4.69) is 79.5 Å². The van der Waals surface area contributed by atoms with Crippen LogP contribution >= 0.6 is 28.3 Å². The predicted molar refractivity (Wildman–Crippen MR) is 129 cm³/mol. The first-order valence-corrected chi connectivity index (χ1v) is 10.8. The number of methoxy groups -OCH3 is 1. The fraction of sp³-hybridized carbons (Fsp3) is 0.391. The topological polar surface area (TPSA) is 44.3 Å². The van der Waals surface area contributed by atoms with Crippen LogP contribution in [0.15, 0.2) is 28.9 Å². The van der Waals surface area contributed by atoms with Crippen molar-refractivity contribution in [2.75, 3.05) is 13.7 Å². The number of halogens is 2. The van der Waals surface area contributed by atoms with E-state index in [0.29, 0.717) is 6.61 Å². The second-order valence-electron chi connectivity index (χ2n) is 7.81. The molecule has 7 heteroatoms. The summed E-state index contributed by atoms with van der Waals surface area (Å²) in [4.78, 5) is 4.99. The second-order valence-corrected chi connectivity index (χ2v) is 8.66. The first-order chi connectivity index (χ1) is 13.9. The van der Waals surface area contributed by atoms with Crippen LogP contribution in [0, 0.1) is 27.7 Å². The minimum absolute atomic E-state index is 0. The van der Waals surface area contributed by atoms with Gasteiger partial charge in [-0.2, -0.15) is 9.61 Å². The molecule has 0 bridgehead atoms. The lowest BCUT2D eigenvalue weighted by Crippen LogP contribution is -2.14. The maximum Gasteiger partial charge on any atom is 0.165 e. The van der Waals surface area contributed by atoms with Crippen molar-refractivity contribution >= 4 is 45.0 Å². The number of ether oxygens (including phenoxy) is 1. The van der Waals surface area contributed by atoms with Crippen molar-refractivity contribution in [3.8, 4) is 11.1 Å². The molecule has 4 aromatic rings. The average Bonchev–Trinajstić information content (AvgIpc) is 3.22. The molecule has 3 heterocycles. The molecule has 0 saturated heterocycles. The number of benzene rings is 1. The van der Waals surface area contributed by atoms with Crippen molar-refractivity contribution in [1.29, 1.82) is 0 Å². The van der Waals surface area contributed by atoms with E-state index in [0.717, 1.165) is 50.1 Å². The lowest BCUT2D eigenvalue weighted by Gasteiger charge is -2.18. The monoisotopic (exact) mass is 490 g/mol. The van der Waals surface area contributed by atoms with Gasteiger partial charge in [-0.05, 0) is 57.4 Å². The second kappa shape index (κ2) is 8.69. The summed E-state index contributed by atoms with van der Waals surface area (Å²) in [5.74, 6) is 0. The smallest absolute Gasteiger partial charge is 0.165 e. The third-order valence-corrected chi connectivity index (χ3v) is 6.32. The van der Waals surface area contributed by atoms with Crippen LogP contribution in [0.25, 0.3) is 27.8 Å². The third-order valence-electron chi connectivity index (χ3n) is 5.69. The zero-order valence-corrected chi connectivity index (χ0v) is 20.7. The minimum Gasteiger partial charge on any atom is -0.383 e. The Morgan fingerprint density at radius 2 is 1.83 bits per heavy atom. The SMILES string of the molecule is CCC(COC)n1ccc2c(C)nc3c(-c4c(C)cc(C)cc4Br)c(C)nn3c21.Cl. The molecule has 1 aromatic carbocycles. The Morgan fingerprint density at radius 3 is 2.47 bits per heavy atom. The summed E-state index contributed by atoms with van der Waals surface area (Å²) in [5.41, 5.74) is 8.67. The fourth-order valence-corrected chi connectivity index (χ4v) is 5.21. The molecule has 160 valence electrons. The molecule has 0 amide bonds. The molecule has 3 aromatic heterocycles. The Morgan fingerprint density at radius 1 is 1.10 bits per heavy atom. The molecule has 4 rings (SSSR count). The van der Waals surface area contributed by atoms with Gasteiger partial charge in [-0.3, -0.25) is 0 Å². The Bertz CT molecular complexity index is 1200. The normalized spacial score (nSPS) is 12.5. The standard InChI is InChI=1S/C23H27BrN4O.ClH/c1-7-17(12-29-6)27-9-8-18-15(4)25-22-21(16(5)26-28(22)23(18)27)20-14(3)10-13(2)11-19(20)24;/h8-11,17H,7,12H2,1-6H3;1H. The molecule has 0 aliphatic rings. The number of fused-ring (bicyclic) bond motifs is 3. The summed E-state index contributed by atoms with van der Waals surface area (Å²) in [7, 11) is 1.75. The van der Waals surface area contributed by atoms with Gasteiger partial charge in [-0.15, -0.1) is 12.4 Å². The van der Waals surface area contributed by atoms with E-state index in [4.69, 9.17) is 14.8 Å². The van der Waals surface area contributed by atoms with Crippen LogP contribution in [0.5, 0.6) is 0 Å². The van der Waals surface area contributed by atoms with Crippen LogP contribution in [0.2, 0.25) is 0 Å². The number of rotatable bonds is 5. The Kier molecular flexibility index (Phi) is 6.60. The Hall–Kier alpha value is -1.89. The lowest BCUT2D eigenvalue weighted by atomic mass is 9.99. The van der Waals surface area contributed by atoms with Gasteiger partial charge < -0.3 is 9.30 Å². The van der Waals surface area contributed by atoms with Crippen LogP contribution in [-0.2, 0) is 4.74 Å². The van der Waals surface area contributed by atoms with Crippen molar-refractivity contribution in [2.45, 2.75) is 47.1 Å². The van der Waals surface area contributed by atoms with E-state index >= 15 is 0 Å². The zero-order chi connectivity index (χ0) is 20.9. The van der Waals surface area contributed by atoms with Gasteiger partial charge in [0.1, 0.15) is 5.65 Å². The molecule has 1 unspecified atom stereocenters. The Labute approximate surface area is 192 Å². The van der Waals surface area contributed by atoms with Gasteiger partial charge in [0.05, 0.1) is 29.6 Å². The quantitative estimate of drug-likeness (QED) is 0.326. The van der Waals surface area contributed by atoms with Gasteiger partial charge in [-0.25, -0.2) is 4.98 Å². The average molecular weight is 492 g/mol. The number of nitrogens with zero attached hydrogens (tertiary/aromatic N) is 4. The van der Waals surface area contributed by atoms with Crippen LogP contribution < -0.4 is 0 Å². The van der Waals surface area contributed by atoms with Crippen molar-refractivity contribution < 1.29 is 4.74 Å². The van der Waals surface area contributed by atoms with E-state index < -0.39 is 0 Å². The summed E-state index contributed by atoms with van der Waals surface area (Å²) in [5, 5.41) is 6.07. The number of aromatic nitrogens is 4. The van der Waals surface area contributed by atoms with Crippen molar-refractivity contribution in [3.05, 3.63) is 51.4 Å². The molecular formula is C23H28BrClN4O. The van der Waals surface area contributed by atoms with Gasteiger partial charge in [0.2, 0.25) is 0 Å². The highest BCUT2D eigenvalue weighted by atomic mass is 79.9. The molecule has 0 radical (unpaired) electrons. The van der Waals surface area contributed by atoms with E-state index in [1.54, 1.807) is 7.11 Å². The van der Waals surface area contributed by atoms with Gasteiger partial charge in [-0.1, -0.05) is 28.9 Å². The first-order valence-electron chi connectivity index (χ1n) is 9.99. The van der Waals surface area contributed by atoms with Gasteiger partial charge in [0.15, 0.2) is 5.65 Å². The van der Waals surface area contributed by atoms with Crippen molar-refractivity contribution in [1.82, 2.24) is 19.2 Å². The van der Waals surface area contributed by atoms with Gasteiger partial charge in [0.25, 0.3) is 0 Å². The van der Waals surface area contributed by atoms with Crippen LogP contribution in [0.4, 0.5) is 0 Å². The summed E-state index contributed by atoms with van der Waals surface area (Å²) >= 11 is 3.78. The molecule has 0 aliphatic carbocycles. The number of hydrogen-bond donors (Lipinski definition) is 0. The molecule has 30 heavy (non-hydrogen) atoms. The molecule has 5 nitrogen and oxygen atoms in total. The highest BCUT2D eigenvalue weighted by molar-refractivity contribution is 9.10. The minimum atomic E-state index is 0. The largest absolute Gasteiger partial charge is 0.383 e. The van der Waals surface area contributed by atoms with Crippen molar-refractivity contribution in [3.63, 3.8) is 0 Å². The third kappa shape index (κ3) is 3.55. The summed E-state index contributed by atoms with van der Waals surface area (Å²) < 4.78 is 10.9. The fourth-order valence-electron chi connectivity index (χ4n) is 4.34. The lowest BCUT2D eigenvalue weighted by molar-refractivity contribution is 0.154.